The summed E-state index contributed by atoms with van der Waals surface area (Å²) in [5.74, 6) is -0.425. The summed E-state index contributed by atoms with van der Waals surface area (Å²) < 4.78 is 9.88. The molecular weight excluding hydrogens is 288 g/mol. The van der Waals surface area contributed by atoms with Crippen molar-refractivity contribution in [1.82, 2.24) is 5.32 Å². The molecule has 0 aliphatic rings. The molecule has 7 nitrogen and oxygen atoms in total. The van der Waals surface area contributed by atoms with E-state index in [0.717, 1.165) is 0 Å². The van der Waals surface area contributed by atoms with Crippen LogP contribution in [-0.4, -0.2) is 43.6 Å². The number of hydrogen-bond donors (Lipinski definition) is 1. The van der Waals surface area contributed by atoms with Crippen LogP contribution in [0.4, 0.5) is 5.69 Å². The molecule has 0 bridgehead atoms. The highest BCUT2D eigenvalue weighted by Gasteiger charge is 2.23. The van der Waals surface area contributed by atoms with Gasteiger partial charge in [0.05, 0.1) is 30.2 Å². The van der Waals surface area contributed by atoms with E-state index in [1.165, 1.54) is 32.4 Å². The zero-order valence-corrected chi connectivity index (χ0v) is 11.8. The Labute approximate surface area is 121 Å². The molecule has 0 aliphatic carbocycles. The van der Waals surface area contributed by atoms with E-state index in [1.807, 2.05) is 0 Å². The van der Waals surface area contributed by atoms with Crippen LogP contribution >= 0.6 is 11.6 Å². The third-order valence-corrected chi connectivity index (χ3v) is 2.90. The van der Waals surface area contributed by atoms with Crippen molar-refractivity contribution in [3.05, 3.63) is 33.9 Å². The summed E-state index contributed by atoms with van der Waals surface area (Å²) in [6.07, 6.45) is 0. The maximum atomic E-state index is 12.1. The Morgan fingerprint density at radius 2 is 2.20 bits per heavy atom. The molecule has 0 heterocycles. The first-order valence-electron chi connectivity index (χ1n) is 5.72. The van der Waals surface area contributed by atoms with Crippen molar-refractivity contribution in [1.29, 1.82) is 0 Å². The molecule has 0 aromatic heterocycles. The van der Waals surface area contributed by atoms with Gasteiger partial charge >= 0.3 is 5.69 Å². The van der Waals surface area contributed by atoms with E-state index >= 15 is 0 Å². The molecule has 1 N–H and O–H groups in total. The van der Waals surface area contributed by atoms with Gasteiger partial charge in [-0.15, -0.1) is 11.6 Å². The molecule has 8 heteroatoms. The molecule has 1 atom stereocenters. The van der Waals surface area contributed by atoms with E-state index in [-0.39, 0.29) is 29.5 Å². The molecule has 0 radical (unpaired) electrons. The first kappa shape index (κ1) is 16.2. The lowest BCUT2D eigenvalue weighted by Gasteiger charge is -2.16. The van der Waals surface area contributed by atoms with Gasteiger partial charge in [0.25, 0.3) is 5.91 Å². The maximum Gasteiger partial charge on any atom is 0.311 e. The number of carbonyl (C=O) groups excluding carboxylic acids is 1. The van der Waals surface area contributed by atoms with Crippen LogP contribution in [0.5, 0.6) is 5.75 Å². The minimum atomic E-state index is -0.607. The van der Waals surface area contributed by atoms with Gasteiger partial charge in [0, 0.05) is 19.1 Å². The Balaban J connectivity index is 3.03. The first-order chi connectivity index (χ1) is 9.54. The first-order valence-corrected chi connectivity index (χ1v) is 6.25. The minimum absolute atomic E-state index is 0.0768. The SMILES string of the molecule is COCC(CCl)NC(=O)c1cccc([N+](=O)[O-])c1OC. The summed E-state index contributed by atoms with van der Waals surface area (Å²) in [7, 11) is 2.76. The monoisotopic (exact) mass is 302 g/mol. The molecule has 1 aromatic carbocycles. The van der Waals surface area contributed by atoms with E-state index in [0.29, 0.717) is 0 Å². The van der Waals surface area contributed by atoms with Gasteiger partial charge in [-0.1, -0.05) is 6.07 Å². The zero-order valence-electron chi connectivity index (χ0n) is 11.1. The van der Waals surface area contributed by atoms with E-state index in [4.69, 9.17) is 21.1 Å². The molecule has 0 fully saturated rings. The molecule has 0 spiro atoms. The molecule has 0 saturated heterocycles. The summed E-state index contributed by atoms with van der Waals surface area (Å²) >= 11 is 5.70. The van der Waals surface area contributed by atoms with Crippen molar-refractivity contribution in [3.8, 4) is 5.75 Å². The van der Waals surface area contributed by atoms with Gasteiger partial charge in [0.1, 0.15) is 0 Å². The Bertz CT molecular complexity index is 495. The van der Waals surface area contributed by atoms with Gasteiger partial charge in [0.15, 0.2) is 0 Å². The van der Waals surface area contributed by atoms with E-state index in [2.05, 4.69) is 5.32 Å². The standard InChI is InChI=1S/C12H15ClN2O5/c1-19-7-8(6-13)14-12(16)9-4-3-5-10(15(17)18)11(9)20-2/h3-5,8H,6-7H2,1-2H3,(H,14,16). The van der Waals surface area contributed by atoms with Crippen LogP contribution in [0, 0.1) is 10.1 Å². The van der Waals surface area contributed by atoms with Crippen molar-refractivity contribution in [2.24, 2.45) is 0 Å². The lowest BCUT2D eigenvalue weighted by atomic mass is 10.1. The summed E-state index contributed by atoms with van der Waals surface area (Å²) in [6.45, 7) is 0.243. The van der Waals surface area contributed by atoms with Gasteiger partial charge in [-0.05, 0) is 6.07 Å². The van der Waals surface area contributed by atoms with Crippen molar-refractivity contribution >= 4 is 23.2 Å². The zero-order chi connectivity index (χ0) is 15.1. The molecule has 0 saturated carbocycles. The number of methoxy groups -OCH3 is 2. The molecule has 1 aromatic rings. The molecule has 0 aliphatic heterocycles. The van der Waals surface area contributed by atoms with Crippen LogP contribution in [0.25, 0.3) is 0 Å². The van der Waals surface area contributed by atoms with E-state index in [9.17, 15) is 14.9 Å². The molecular formula is C12H15ClN2O5. The highest BCUT2D eigenvalue weighted by molar-refractivity contribution is 6.18. The van der Waals surface area contributed by atoms with Crippen LogP contribution in [0.3, 0.4) is 0 Å². The smallest absolute Gasteiger partial charge is 0.311 e. The summed E-state index contributed by atoms with van der Waals surface area (Å²) in [5.41, 5.74) is -0.192. The highest BCUT2D eigenvalue weighted by Crippen LogP contribution is 2.30. The molecule has 1 rings (SSSR count). The summed E-state index contributed by atoms with van der Waals surface area (Å²) in [6, 6.07) is 3.74. The topological polar surface area (TPSA) is 90.7 Å². The number of nitro groups is 1. The number of hydrogen-bond acceptors (Lipinski definition) is 5. The number of nitrogens with zero attached hydrogens (tertiary/aromatic N) is 1. The summed E-state index contributed by atoms with van der Waals surface area (Å²) in [4.78, 5) is 22.4. The number of benzene rings is 1. The second kappa shape index (κ2) is 7.66. The maximum absolute atomic E-state index is 12.1. The average Bonchev–Trinajstić information content (AvgIpc) is 2.45. The number of nitrogens with one attached hydrogen (secondary N) is 1. The fourth-order valence-electron chi connectivity index (χ4n) is 1.65. The van der Waals surface area contributed by atoms with Crippen molar-refractivity contribution in [2.45, 2.75) is 6.04 Å². The second-order valence-electron chi connectivity index (χ2n) is 3.90. The van der Waals surface area contributed by atoms with E-state index < -0.39 is 16.9 Å². The van der Waals surface area contributed by atoms with Crippen molar-refractivity contribution in [2.75, 3.05) is 26.7 Å². The number of ether oxygens (including phenoxy) is 2. The number of rotatable bonds is 7. The van der Waals surface area contributed by atoms with Crippen LogP contribution < -0.4 is 10.1 Å². The molecule has 1 amide bonds. The van der Waals surface area contributed by atoms with Gasteiger partial charge in [-0.3, -0.25) is 14.9 Å². The third-order valence-electron chi connectivity index (χ3n) is 2.53. The largest absolute Gasteiger partial charge is 0.490 e. The number of para-hydroxylation sites is 1. The third kappa shape index (κ3) is 3.82. The lowest BCUT2D eigenvalue weighted by molar-refractivity contribution is -0.385. The van der Waals surface area contributed by atoms with Crippen LogP contribution in [0.2, 0.25) is 0 Å². The van der Waals surface area contributed by atoms with Gasteiger partial charge in [0.2, 0.25) is 5.75 Å². The van der Waals surface area contributed by atoms with Crippen LogP contribution in [-0.2, 0) is 4.74 Å². The Morgan fingerprint density at radius 1 is 1.50 bits per heavy atom. The van der Waals surface area contributed by atoms with Crippen molar-refractivity contribution in [3.63, 3.8) is 0 Å². The van der Waals surface area contributed by atoms with E-state index in [1.54, 1.807) is 0 Å². The Hall–Kier alpha value is -1.86. The van der Waals surface area contributed by atoms with Gasteiger partial charge < -0.3 is 14.8 Å². The van der Waals surface area contributed by atoms with Gasteiger partial charge in [-0.25, -0.2) is 0 Å². The Kier molecular flexibility index (Phi) is 6.20. The number of nitro benzene ring substituents is 1. The van der Waals surface area contributed by atoms with Crippen molar-refractivity contribution < 1.29 is 19.2 Å². The Morgan fingerprint density at radius 3 is 2.70 bits per heavy atom. The molecule has 20 heavy (non-hydrogen) atoms. The number of amides is 1. The fourth-order valence-corrected chi connectivity index (χ4v) is 1.82. The quantitative estimate of drug-likeness (QED) is 0.469. The summed E-state index contributed by atoms with van der Waals surface area (Å²) in [5, 5.41) is 13.5. The molecule has 1 unspecified atom stereocenters. The number of halogens is 1. The minimum Gasteiger partial charge on any atom is -0.490 e. The highest BCUT2D eigenvalue weighted by atomic mass is 35.5. The molecule has 110 valence electrons. The second-order valence-corrected chi connectivity index (χ2v) is 4.20. The predicted octanol–water partition coefficient (Wildman–Crippen LogP) is 1.59. The lowest BCUT2D eigenvalue weighted by Crippen LogP contribution is -2.39. The average molecular weight is 303 g/mol. The van der Waals surface area contributed by atoms with Crippen LogP contribution in [0.15, 0.2) is 18.2 Å². The fraction of sp³-hybridized carbons (Fsp3) is 0.417. The van der Waals surface area contributed by atoms with Gasteiger partial charge in [-0.2, -0.15) is 0 Å². The predicted molar refractivity (Wildman–Crippen MR) is 73.5 cm³/mol. The normalized spacial score (nSPS) is 11.8. The number of carbonyl (C=O) groups is 1. The van der Waals surface area contributed by atoms with Crippen LogP contribution in [0.1, 0.15) is 10.4 Å². The number of alkyl halides is 1.